The fourth-order valence-electron chi connectivity index (χ4n) is 1.51. The van der Waals surface area contributed by atoms with Gasteiger partial charge in [-0.25, -0.2) is 0 Å². The molecule has 0 bridgehead atoms. The van der Waals surface area contributed by atoms with Gasteiger partial charge >= 0.3 is 0 Å². The van der Waals surface area contributed by atoms with Gasteiger partial charge in [-0.05, 0) is 18.1 Å². The van der Waals surface area contributed by atoms with Crippen molar-refractivity contribution < 1.29 is 4.74 Å². The summed E-state index contributed by atoms with van der Waals surface area (Å²) in [6.45, 7) is 2.11. The molecule has 5 heteroatoms. The van der Waals surface area contributed by atoms with E-state index < -0.39 is 0 Å². The molecule has 1 aliphatic rings. The maximum atomic E-state index is 5.98. The molecule has 0 saturated carbocycles. The lowest BCUT2D eigenvalue weighted by Gasteiger charge is -2.15. The normalized spacial score (nSPS) is 19.1. The van der Waals surface area contributed by atoms with Crippen molar-refractivity contribution in [2.24, 2.45) is 5.92 Å². The second-order valence-corrected chi connectivity index (χ2v) is 5.02. The van der Waals surface area contributed by atoms with E-state index >= 15 is 0 Å². The molecule has 1 aromatic heterocycles. The van der Waals surface area contributed by atoms with Gasteiger partial charge in [-0.15, -0.1) is 0 Å². The summed E-state index contributed by atoms with van der Waals surface area (Å²) in [4.78, 5) is 4.01. The highest BCUT2D eigenvalue weighted by atomic mass is 35.5. The fraction of sp³-hybridized carbons (Fsp3) is 0.250. The maximum Gasteiger partial charge on any atom is 0.239 e. The number of halogens is 3. The molecule has 0 fully saturated rings. The van der Waals surface area contributed by atoms with Crippen LogP contribution in [-0.2, 0) is 0 Å². The van der Waals surface area contributed by atoms with E-state index in [2.05, 4.69) is 18.0 Å². The summed E-state index contributed by atoms with van der Waals surface area (Å²) in [6, 6.07) is 1.52. The van der Waals surface area contributed by atoms with E-state index in [1.165, 1.54) is 6.07 Å². The molecular formula is C12H10Cl3NO. The van der Waals surface area contributed by atoms with E-state index in [1.54, 1.807) is 0 Å². The average molecular weight is 291 g/mol. The Morgan fingerprint density at radius 1 is 1.29 bits per heavy atom. The summed E-state index contributed by atoms with van der Waals surface area (Å²) in [5.41, 5.74) is 0. The summed E-state index contributed by atoms with van der Waals surface area (Å²) in [6.07, 6.45) is 6.76. The molecular weight excluding hydrogens is 280 g/mol. The molecule has 1 heterocycles. The molecule has 0 saturated heterocycles. The van der Waals surface area contributed by atoms with Crippen LogP contribution < -0.4 is 4.74 Å². The Balaban J connectivity index is 2.22. The number of hydrogen-bond donors (Lipinski definition) is 0. The predicted octanol–water partition coefficient (Wildman–Crippen LogP) is 4.90. The molecule has 0 aromatic carbocycles. The number of ether oxygens (including phenoxy) is 1. The second-order valence-electron chi connectivity index (χ2n) is 3.85. The van der Waals surface area contributed by atoms with Crippen LogP contribution in [0.25, 0.3) is 0 Å². The molecule has 0 spiro atoms. The highest BCUT2D eigenvalue weighted by molar-refractivity contribution is 6.42. The lowest BCUT2D eigenvalue weighted by Crippen LogP contribution is -2.05. The monoisotopic (exact) mass is 289 g/mol. The van der Waals surface area contributed by atoms with E-state index in [1.807, 2.05) is 12.2 Å². The Morgan fingerprint density at radius 2 is 2.06 bits per heavy atom. The van der Waals surface area contributed by atoms with Crippen molar-refractivity contribution >= 4 is 34.8 Å². The largest absolute Gasteiger partial charge is 0.442 e. The Hall–Kier alpha value is -0.700. The van der Waals surface area contributed by atoms with Crippen LogP contribution in [0.15, 0.2) is 30.1 Å². The topological polar surface area (TPSA) is 22.1 Å². The molecule has 2 rings (SSSR count). The summed E-state index contributed by atoms with van der Waals surface area (Å²) >= 11 is 17.6. The predicted molar refractivity (Wildman–Crippen MR) is 70.9 cm³/mol. The van der Waals surface area contributed by atoms with E-state index in [4.69, 9.17) is 39.5 Å². The summed E-state index contributed by atoms with van der Waals surface area (Å²) in [5.74, 6) is 1.54. The number of allylic oxidation sites excluding steroid dienone is 4. The first-order valence-electron chi connectivity index (χ1n) is 5.13. The lowest BCUT2D eigenvalue weighted by molar-refractivity contribution is 0.372. The first kappa shape index (κ1) is 12.7. The minimum Gasteiger partial charge on any atom is -0.442 e. The molecule has 2 nitrogen and oxygen atoms in total. The third-order valence-electron chi connectivity index (χ3n) is 2.33. The van der Waals surface area contributed by atoms with Crippen molar-refractivity contribution in [3.8, 4) is 5.88 Å². The van der Waals surface area contributed by atoms with Gasteiger partial charge in [0.1, 0.15) is 10.8 Å². The van der Waals surface area contributed by atoms with Gasteiger partial charge in [-0.3, -0.25) is 0 Å². The number of nitrogens with zero attached hydrogens (tertiary/aromatic N) is 1. The van der Waals surface area contributed by atoms with Crippen LogP contribution in [-0.4, -0.2) is 4.98 Å². The van der Waals surface area contributed by atoms with Crippen molar-refractivity contribution in [3.05, 3.63) is 45.3 Å². The molecule has 1 unspecified atom stereocenters. The van der Waals surface area contributed by atoms with Gasteiger partial charge in [0.05, 0.1) is 5.02 Å². The molecule has 0 radical (unpaired) electrons. The zero-order valence-corrected chi connectivity index (χ0v) is 11.4. The number of pyridine rings is 1. The zero-order chi connectivity index (χ0) is 12.4. The number of aromatic nitrogens is 1. The minimum atomic E-state index is 0.186. The van der Waals surface area contributed by atoms with E-state index in [-0.39, 0.29) is 11.0 Å². The summed E-state index contributed by atoms with van der Waals surface area (Å²) in [7, 11) is 0. The number of hydrogen-bond acceptors (Lipinski definition) is 2. The third kappa shape index (κ3) is 3.15. The van der Waals surface area contributed by atoms with Crippen LogP contribution in [0.4, 0.5) is 0 Å². The molecule has 1 aromatic rings. The standard InChI is InChI=1S/C12H10Cl3NO/c1-7-3-2-4-8(5-7)17-12-10(14)6-9(13)11(15)16-12/h2-4,6-7H,5H2,1H3. The minimum absolute atomic E-state index is 0.186. The van der Waals surface area contributed by atoms with Crippen LogP contribution in [0, 0.1) is 5.92 Å². The quantitative estimate of drug-likeness (QED) is 0.723. The molecule has 1 atom stereocenters. The Morgan fingerprint density at radius 3 is 2.76 bits per heavy atom. The maximum absolute atomic E-state index is 5.98. The van der Waals surface area contributed by atoms with Crippen LogP contribution in [0.2, 0.25) is 15.2 Å². The molecule has 17 heavy (non-hydrogen) atoms. The van der Waals surface area contributed by atoms with Gasteiger partial charge in [-0.2, -0.15) is 4.98 Å². The first-order valence-corrected chi connectivity index (χ1v) is 6.26. The van der Waals surface area contributed by atoms with Crippen LogP contribution in [0.1, 0.15) is 13.3 Å². The molecule has 90 valence electrons. The Kier molecular flexibility index (Phi) is 3.97. The highest BCUT2D eigenvalue weighted by Crippen LogP contribution is 2.32. The molecule has 0 N–H and O–H groups in total. The van der Waals surface area contributed by atoms with Gasteiger partial charge in [0, 0.05) is 6.42 Å². The van der Waals surface area contributed by atoms with Crippen molar-refractivity contribution in [2.75, 3.05) is 0 Å². The van der Waals surface area contributed by atoms with Crippen LogP contribution in [0.3, 0.4) is 0 Å². The lowest BCUT2D eigenvalue weighted by atomic mass is 10.0. The van der Waals surface area contributed by atoms with Gasteiger partial charge in [0.15, 0.2) is 5.15 Å². The zero-order valence-electron chi connectivity index (χ0n) is 9.08. The van der Waals surface area contributed by atoms with Gasteiger partial charge in [0.2, 0.25) is 5.88 Å². The van der Waals surface area contributed by atoms with Crippen LogP contribution >= 0.6 is 34.8 Å². The van der Waals surface area contributed by atoms with E-state index in [0.717, 1.165) is 12.2 Å². The molecule has 0 aliphatic heterocycles. The van der Waals surface area contributed by atoms with Gasteiger partial charge < -0.3 is 4.74 Å². The van der Waals surface area contributed by atoms with E-state index in [0.29, 0.717) is 16.0 Å². The SMILES string of the molecule is CC1C=CC=C(Oc2nc(Cl)c(Cl)cc2Cl)C1. The van der Waals surface area contributed by atoms with Crippen LogP contribution in [0.5, 0.6) is 5.88 Å². The van der Waals surface area contributed by atoms with E-state index in [9.17, 15) is 0 Å². The molecule has 0 amide bonds. The molecule has 1 aliphatic carbocycles. The highest BCUT2D eigenvalue weighted by Gasteiger charge is 2.13. The van der Waals surface area contributed by atoms with Gasteiger partial charge in [0.25, 0.3) is 0 Å². The average Bonchev–Trinajstić information content (AvgIpc) is 2.26. The van der Waals surface area contributed by atoms with Crippen molar-refractivity contribution in [1.29, 1.82) is 0 Å². The number of rotatable bonds is 2. The second kappa shape index (κ2) is 5.30. The third-order valence-corrected chi connectivity index (χ3v) is 3.27. The summed E-state index contributed by atoms with van der Waals surface area (Å²) in [5, 5.41) is 0.850. The smallest absolute Gasteiger partial charge is 0.239 e. The Labute approximate surface area is 115 Å². The summed E-state index contributed by atoms with van der Waals surface area (Å²) < 4.78 is 5.62. The van der Waals surface area contributed by atoms with Crippen molar-refractivity contribution in [2.45, 2.75) is 13.3 Å². The first-order chi connectivity index (χ1) is 8.06. The Bertz CT molecular complexity index is 497. The van der Waals surface area contributed by atoms with Gasteiger partial charge in [-0.1, -0.05) is 53.9 Å². The van der Waals surface area contributed by atoms with Crippen molar-refractivity contribution in [3.63, 3.8) is 0 Å². The van der Waals surface area contributed by atoms with Crippen molar-refractivity contribution in [1.82, 2.24) is 4.98 Å². The fourth-order valence-corrected chi connectivity index (χ4v) is 2.03.